The molecule has 0 amide bonds. The van der Waals surface area contributed by atoms with Crippen LogP contribution in [0, 0.1) is 17.3 Å². The quantitative estimate of drug-likeness (QED) is 0.820. The molecule has 0 spiro atoms. The van der Waals surface area contributed by atoms with Crippen molar-refractivity contribution in [2.75, 3.05) is 33.4 Å². The maximum Gasteiger partial charge on any atom is 0.0661 e. The molecule has 0 aliphatic carbocycles. The lowest BCUT2D eigenvalue weighted by Crippen LogP contribution is -2.59. The maximum atomic E-state index is 6.11. The third kappa shape index (κ3) is 3.06. The zero-order valence-electron chi connectivity index (χ0n) is 13.1. The second-order valence-corrected chi connectivity index (χ2v) is 7.19. The van der Waals surface area contributed by atoms with Crippen molar-refractivity contribution in [2.24, 2.45) is 23.0 Å². The molecule has 1 saturated heterocycles. The molecule has 108 valence electrons. The number of likely N-dealkylation sites (tertiary alicyclic amines) is 1. The SMILES string of the molecule is COCC(CN)(C(C)C)N1CCC(C(C)(C)C)C1. The Morgan fingerprint density at radius 1 is 1.33 bits per heavy atom. The van der Waals surface area contributed by atoms with E-state index < -0.39 is 0 Å². The highest BCUT2D eigenvalue weighted by Gasteiger charge is 2.44. The summed E-state index contributed by atoms with van der Waals surface area (Å²) in [6.07, 6.45) is 1.28. The van der Waals surface area contributed by atoms with E-state index in [1.807, 2.05) is 0 Å². The fourth-order valence-corrected chi connectivity index (χ4v) is 3.17. The fraction of sp³-hybridized carbons (Fsp3) is 1.00. The van der Waals surface area contributed by atoms with Gasteiger partial charge >= 0.3 is 0 Å². The normalized spacial score (nSPS) is 25.7. The van der Waals surface area contributed by atoms with Gasteiger partial charge < -0.3 is 10.5 Å². The number of methoxy groups -OCH3 is 1. The molecular formula is C15H32N2O. The molecule has 0 bridgehead atoms. The third-order valence-electron chi connectivity index (χ3n) is 4.87. The van der Waals surface area contributed by atoms with E-state index in [1.54, 1.807) is 7.11 Å². The van der Waals surface area contributed by atoms with Gasteiger partial charge in [-0.3, -0.25) is 4.90 Å². The molecule has 3 nitrogen and oxygen atoms in total. The van der Waals surface area contributed by atoms with Crippen molar-refractivity contribution in [3.05, 3.63) is 0 Å². The molecule has 2 N–H and O–H groups in total. The van der Waals surface area contributed by atoms with Crippen LogP contribution in [-0.2, 0) is 4.74 Å². The van der Waals surface area contributed by atoms with E-state index in [2.05, 4.69) is 39.5 Å². The Morgan fingerprint density at radius 3 is 2.28 bits per heavy atom. The highest BCUT2D eigenvalue weighted by atomic mass is 16.5. The van der Waals surface area contributed by atoms with E-state index >= 15 is 0 Å². The molecule has 1 rings (SSSR count). The van der Waals surface area contributed by atoms with Crippen LogP contribution >= 0.6 is 0 Å². The summed E-state index contributed by atoms with van der Waals surface area (Å²) in [7, 11) is 1.78. The second kappa shape index (κ2) is 5.89. The monoisotopic (exact) mass is 256 g/mol. The minimum Gasteiger partial charge on any atom is -0.383 e. The maximum absolute atomic E-state index is 6.11. The predicted octanol–water partition coefficient (Wildman–Crippen LogP) is 2.35. The summed E-state index contributed by atoms with van der Waals surface area (Å²) >= 11 is 0. The van der Waals surface area contributed by atoms with E-state index in [0.29, 0.717) is 17.9 Å². The summed E-state index contributed by atoms with van der Waals surface area (Å²) in [5.74, 6) is 1.28. The molecule has 1 aliphatic rings. The van der Waals surface area contributed by atoms with E-state index in [-0.39, 0.29) is 5.54 Å². The lowest BCUT2D eigenvalue weighted by molar-refractivity contribution is -0.00744. The van der Waals surface area contributed by atoms with Gasteiger partial charge in [-0.25, -0.2) is 0 Å². The van der Waals surface area contributed by atoms with E-state index in [4.69, 9.17) is 10.5 Å². The molecule has 1 fully saturated rings. The molecule has 18 heavy (non-hydrogen) atoms. The van der Waals surface area contributed by atoms with Crippen molar-refractivity contribution < 1.29 is 4.74 Å². The van der Waals surface area contributed by atoms with Crippen LogP contribution in [0.2, 0.25) is 0 Å². The number of hydrogen-bond acceptors (Lipinski definition) is 3. The predicted molar refractivity (Wildman–Crippen MR) is 77.6 cm³/mol. The molecule has 0 radical (unpaired) electrons. The summed E-state index contributed by atoms with van der Waals surface area (Å²) in [5.41, 5.74) is 6.50. The first-order chi connectivity index (χ1) is 8.28. The van der Waals surface area contributed by atoms with Crippen LogP contribution in [0.3, 0.4) is 0 Å². The molecule has 0 saturated carbocycles. The number of ether oxygens (including phenoxy) is 1. The highest BCUT2D eigenvalue weighted by Crippen LogP contribution is 2.38. The van der Waals surface area contributed by atoms with Crippen LogP contribution in [0.5, 0.6) is 0 Å². The third-order valence-corrected chi connectivity index (χ3v) is 4.87. The van der Waals surface area contributed by atoms with E-state index in [1.165, 1.54) is 6.42 Å². The Kier molecular flexibility index (Phi) is 5.22. The summed E-state index contributed by atoms with van der Waals surface area (Å²) < 4.78 is 5.47. The van der Waals surface area contributed by atoms with Gasteiger partial charge in [0.1, 0.15) is 0 Å². The van der Waals surface area contributed by atoms with Crippen molar-refractivity contribution in [1.82, 2.24) is 4.90 Å². The summed E-state index contributed by atoms with van der Waals surface area (Å²) in [6, 6.07) is 0. The lowest BCUT2D eigenvalue weighted by atomic mass is 9.80. The first-order valence-corrected chi connectivity index (χ1v) is 7.22. The average molecular weight is 256 g/mol. The summed E-state index contributed by atoms with van der Waals surface area (Å²) in [6.45, 7) is 15.3. The van der Waals surface area contributed by atoms with Gasteiger partial charge in [0.15, 0.2) is 0 Å². The van der Waals surface area contributed by atoms with Crippen LogP contribution in [0.15, 0.2) is 0 Å². The second-order valence-electron chi connectivity index (χ2n) is 7.19. The zero-order valence-corrected chi connectivity index (χ0v) is 13.1. The lowest BCUT2D eigenvalue weighted by Gasteiger charge is -2.44. The Bertz CT molecular complexity index is 260. The number of nitrogens with two attached hydrogens (primary N) is 1. The zero-order chi connectivity index (χ0) is 14.0. The van der Waals surface area contributed by atoms with Crippen LogP contribution in [0.4, 0.5) is 0 Å². The summed E-state index contributed by atoms with van der Waals surface area (Å²) in [5, 5.41) is 0. The minimum absolute atomic E-state index is 0.00868. The minimum atomic E-state index is 0.00868. The van der Waals surface area contributed by atoms with Crippen LogP contribution < -0.4 is 5.73 Å². The summed E-state index contributed by atoms with van der Waals surface area (Å²) in [4.78, 5) is 2.58. The van der Waals surface area contributed by atoms with Gasteiger partial charge in [-0.1, -0.05) is 34.6 Å². The molecule has 0 aromatic heterocycles. The molecule has 0 aromatic carbocycles. The first-order valence-electron chi connectivity index (χ1n) is 7.22. The molecule has 2 atom stereocenters. The molecule has 2 unspecified atom stereocenters. The van der Waals surface area contributed by atoms with Gasteiger partial charge in [-0.2, -0.15) is 0 Å². The van der Waals surface area contributed by atoms with Crippen molar-refractivity contribution >= 4 is 0 Å². The number of nitrogens with zero attached hydrogens (tertiary/aromatic N) is 1. The van der Waals surface area contributed by atoms with Gasteiger partial charge in [0.2, 0.25) is 0 Å². The largest absolute Gasteiger partial charge is 0.383 e. The number of hydrogen-bond donors (Lipinski definition) is 1. The Hall–Kier alpha value is -0.120. The van der Waals surface area contributed by atoms with Crippen LogP contribution in [0.25, 0.3) is 0 Å². The number of rotatable bonds is 5. The molecule has 0 aromatic rings. The van der Waals surface area contributed by atoms with Crippen molar-refractivity contribution in [1.29, 1.82) is 0 Å². The van der Waals surface area contributed by atoms with E-state index in [0.717, 1.165) is 25.6 Å². The fourth-order valence-electron chi connectivity index (χ4n) is 3.17. The van der Waals surface area contributed by atoms with Crippen molar-refractivity contribution in [3.8, 4) is 0 Å². The van der Waals surface area contributed by atoms with Gasteiger partial charge in [-0.15, -0.1) is 0 Å². The van der Waals surface area contributed by atoms with Crippen LogP contribution in [-0.4, -0.2) is 43.8 Å². The van der Waals surface area contributed by atoms with Crippen molar-refractivity contribution in [3.63, 3.8) is 0 Å². The highest BCUT2D eigenvalue weighted by molar-refractivity contribution is 4.99. The molecule has 1 aliphatic heterocycles. The van der Waals surface area contributed by atoms with E-state index in [9.17, 15) is 0 Å². The molecule has 3 heteroatoms. The smallest absolute Gasteiger partial charge is 0.0661 e. The van der Waals surface area contributed by atoms with Gasteiger partial charge in [0, 0.05) is 20.2 Å². The Morgan fingerprint density at radius 2 is 1.94 bits per heavy atom. The van der Waals surface area contributed by atoms with Gasteiger partial charge in [-0.05, 0) is 30.2 Å². The average Bonchev–Trinajstić information content (AvgIpc) is 2.74. The van der Waals surface area contributed by atoms with Gasteiger partial charge in [0.25, 0.3) is 0 Å². The Labute approximate surface area is 113 Å². The Balaban J connectivity index is 2.83. The first kappa shape index (κ1) is 15.9. The van der Waals surface area contributed by atoms with Crippen LogP contribution in [0.1, 0.15) is 41.0 Å². The van der Waals surface area contributed by atoms with Gasteiger partial charge in [0.05, 0.1) is 12.1 Å². The topological polar surface area (TPSA) is 38.5 Å². The standard InChI is InChI=1S/C15H32N2O/c1-12(2)15(10-16,11-18-6)17-8-7-13(9-17)14(3,4)5/h12-13H,7-11,16H2,1-6H3. The van der Waals surface area contributed by atoms with Crippen molar-refractivity contribution in [2.45, 2.75) is 46.6 Å². The molecule has 1 heterocycles. The molecular weight excluding hydrogens is 224 g/mol.